The minimum atomic E-state index is -4.06. The Balaban J connectivity index is 1.76. The van der Waals surface area contributed by atoms with E-state index in [9.17, 15) is 22.7 Å². The van der Waals surface area contributed by atoms with Gasteiger partial charge in [-0.1, -0.05) is 13.8 Å². The number of benzene rings is 2. The Morgan fingerprint density at radius 1 is 1.07 bits per heavy atom. The summed E-state index contributed by atoms with van der Waals surface area (Å²) in [4.78, 5) is 12.1. The Hall–Kier alpha value is -2.75. The second-order valence-corrected chi connectivity index (χ2v) is 10.0. The Labute approximate surface area is 176 Å². The number of halogens is 1. The van der Waals surface area contributed by atoms with Crippen molar-refractivity contribution in [3.05, 3.63) is 53.7 Å². The normalized spacial score (nSPS) is 13.3. The number of carboxylic acids is 1. The number of fused-ring (bicyclic) bond motifs is 3. The number of sulfonamides is 1. The Morgan fingerprint density at radius 2 is 1.83 bits per heavy atom. The van der Waals surface area contributed by atoms with E-state index in [0.717, 1.165) is 27.2 Å². The van der Waals surface area contributed by atoms with Gasteiger partial charge in [-0.3, -0.25) is 4.79 Å². The van der Waals surface area contributed by atoms with Crippen LogP contribution in [0.15, 0.2) is 57.8 Å². The number of carbonyl (C=O) groups is 1. The summed E-state index contributed by atoms with van der Waals surface area (Å²) in [5.41, 5.74) is 1.76. The highest BCUT2D eigenvalue weighted by Crippen LogP contribution is 2.35. The molecule has 0 radical (unpaired) electrons. The van der Waals surface area contributed by atoms with Gasteiger partial charge in [0.15, 0.2) is 5.13 Å². The summed E-state index contributed by atoms with van der Waals surface area (Å²) in [5, 5.41) is 10.5. The molecule has 9 heteroatoms. The van der Waals surface area contributed by atoms with Gasteiger partial charge in [0.25, 0.3) is 0 Å². The Kier molecular flexibility index (Phi) is 5.13. The molecule has 2 N–H and O–H groups in total. The SMILES string of the molecule is CC(C)[C@H](NS(=O)(=O)c1ccc2c(c1)oc1ccc(-c3ccc(F)s3)cc12)C(=O)O. The van der Waals surface area contributed by atoms with Crippen LogP contribution in [-0.4, -0.2) is 25.5 Å². The monoisotopic (exact) mass is 447 g/mol. The van der Waals surface area contributed by atoms with Gasteiger partial charge in [0.2, 0.25) is 10.0 Å². The summed E-state index contributed by atoms with van der Waals surface area (Å²) in [6, 6.07) is 11.7. The fourth-order valence-electron chi connectivity index (χ4n) is 3.25. The van der Waals surface area contributed by atoms with Crippen molar-refractivity contribution < 1.29 is 27.1 Å². The van der Waals surface area contributed by atoms with Crippen molar-refractivity contribution in [3.63, 3.8) is 0 Å². The summed E-state index contributed by atoms with van der Waals surface area (Å²) in [5.74, 6) is -1.66. The average Bonchev–Trinajstić information content (AvgIpc) is 3.28. The second kappa shape index (κ2) is 7.50. The topological polar surface area (TPSA) is 96.6 Å². The first-order valence-corrected chi connectivity index (χ1v) is 11.4. The van der Waals surface area contributed by atoms with E-state index < -0.39 is 28.0 Å². The summed E-state index contributed by atoms with van der Waals surface area (Å²) in [7, 11) is -4.06. The van der Waals surface area contributed by atoms with E-state index in [0.29, 0.717) is 16.6 Å². The zero-order valence-electron chi connectivity index (χ0n) is 16.0. The molecule has 0 unspecified atom stereocenters. The molecule has 6 nitrogen and oxygen atoms in total. The van der Waals surface area contributed by atoms with Gasteiger partial charge < -0.3 is 9.52 Å². The molecule has 1 atom stereocenters. The first-order chi connectivity index (χ1) is 14.2. The maximum atomic E-state index is 13.4. The van der Waals surface area contributed by atoms with Crippen molar-refractivity contribution in [2.45, 2.75) is 24.8 Å². The molecule has 2 heterocycles. The van der Waals surface area contributed by atoms with Gasteiger partial charge in [0.05, 0.1) is 4.90 Å². The highest BCUT2D eigenvalue weighted by Gasteiger charge is 2.28. The number of hydrogen-bond donors (Lipinski definition) is 2. The highest BCUT2D eigenvalue weighted by atomic mass is 32.2. The molecule has 0 amide bonds. The fraction of sp³-hybridized carbons (Fsp3) is 0.190. The summed E-state index contributed by atoms with van der Waals surface area (Å²) < 4.78 is 46.8. The Morgan fingerprint density at radius 3 is 2.47 bits per heavy atom. The van der Waals surface area contributed by atoms with E-state index in [1.165, 1.54) is 18.2 Å². The van der Waals surface area contributed by atoms with Gasteiger partial charge >= 0.3 is 5.97 Å². The zero-order chi connectivity index (χ0) is 21.6. The van der Waals surface area contributed by atoms with Crippen LogP contribution in [0.3, 0.4) is 0 Å². The van der Waals surface area contributed by atoms with Crippen LogP contribution in [0, 0.1) is 11.0 Å². The third-order valence-electron chi connectivity index (χ3n) is 4.83. The second-order valence-electron chi connectivity index (χ2n) is 7.26. The van der Waals surface area contributed by atoms with Gasteiger partial charge in [0.1, 0.15) is 17.2 Å². The molecule has 156 valence electrons. The van der Waals surface area contributed by atoms with Gasteiger partial charge in [-0.15, -0.1) is 11.3 Å². The molecule has 0 aliphatic heterocycles. The predicted octanol–water partition coefficient (Wildman–Crippen LogP) is 4.84. The lowest BCUT2D eigenvalue weighted by atomic mass is 10.1. The van der Waals surface area contributed by atoms with Crippen molar-refractivity contribution in [2.75, 3.05) is 0 Å². The minimum absolute atomic E-state index is 0.0819. The van der Waals surface area contributed by atoms with E-state index >= 15 is 0 Å². The molecule has 0 aliphatic carbocycles. The molecule has 4 rings (SSSR count). The lowest BCUT2D eigenvalue weighted by Crippen LogP contribution is -2.44. The van der Waals surface area contributed by atoms with E-state index in [1.807, 2.05) is 12.1 Å². The Bertz CT molecular complexity index is 1370. The smallest absolute Gasteiger partial charge is 0.322 e. The van der Waals surface area contributed by atoms with Gasteiger partial charge in [-0.05, 0) is 53.9 Å². The van der Waals surface area contributed by atoms with Crippen LogP contribution in [0.25, 0.3) is 32.4 Å². The third kappa shape index (κ3) is 3.71. The van der Waals surface area contributed by atoms with Crippen LogP contribution < -0.4 is 4.72 Å². The molecule has 0 aliphatic rings. The first kappa shape index (κ1) is 20.5. The summed E-state index contributed by atoms with van der Waals surface area (Å²) in [6.07, 6.45) is 0. The average molecular weight is 448 g/mol. The van der Waals surface area contributed by atoms with Crippen LogP contribution in [0.5, 0.6) is 0 Å². The summed E-state index contributed by atoms with van der Waals surface area (Å²) >= 11 is 1.04. The van der Waals surface area contributed by atoms with Gasteiger partial charge in [-0.25, -0.2) is 8.42 Å². The molecule has 0 bridgehead atoms. The van der Waals surface area contributed by atoms with Crippen molar-refractivity contribution in [1.82, 2.24) is 4.72 Å². The maximum absolute atomic E-state index is 13.4. The standard InChI is InChI=1S/C21H18FNO5S2/c1-11(2)20(21(24)25)23-30(26,27)13-4-5-14-15-9-12(18-7-8-19(22)29-18)3-6-16(15)28-17(14)10-13/h3-11,20,23H,1-2H3,(H,24,25)/t20-/m0/s1. The van der Waals surface area contributed by atoms with Crippen molar-refractivity contribution >= 4 is 49.3 Å². The van der Waals surface area contributed by atoms with E-state index in [4.69, 9.17) is 4.42 Å². The number of furan rings is 1. The van der Waals surface area contributed by atoms with E-state index in [-0.39, 0.29) is 10.0 Å². The molecule has 0 spiro atoms. The minimum Gasteiger partial charge on any atom is -0.480 e. The lowest BCUT2D eigenvalue weighted by Gasteiger charge is -2.17. The highest BCUT2D eigenvalue weighted by molar-refractivity contribution is 7.89. The quantitative estimate of drug-likeness (QED) is 0.441. The zero-order valence-corrected chi connectivity index (χ0v) is 17.7. The number of hydrogen-bond acceptors (Lipinski definition) is 5. The van der Waals surface area contributed by atoms with E-state index in [2.05, 4.69) is 4.72 Å². The molecule has 4 aromatic rings. The van der Waals surface area contributed by atoms with Crippen molar-refractivity contribution in [3.8, 4) is 10.4 Å². The maximum Gasteiger partial charge on any atom is 0.322 e. The first-order valence-electron chi connectivity index (χ1n) is 9.13. The molecule has 2 aromatic heterocycles. The number of carboxylic acid groups (broad SMARTS) is 1. The van der Waals surface area contributed by atoms with Crippen molar-refractivity contribution in [2.24, 2.45) is 5.92 Å². The van der Waals surface area contributed by atoms with Crippen LogP contribution in [-0.2, 0) is 14.8 Å². The predicted molar refractivity (Wildman–Crippen MR) is 114 cm³/mol. The molecular weight excluding hydrogens is 429 g/mol. The van der Waals surface area contributed by atoms with Crippen LogP contribution in [0.1, 0.15) is 13.8 Å². The van der Waals surface area contributed by atoms with Crippen molar-refractivity contribution in [1.29, 1.82) is 0 Å². The molecule has 0 saturated heterocycles. The number of rotatable bonds is 6. The van der Waals surface area contributed by atoms with Gasteiger partial charge in [0, 0.05) is 21.7 Å². The largest absolute Gasteiger partial charge is 0.480 e. The van der Waals surface area contributed by atoms with Crippen LogP contribution in [0.4, 0.5) is 4.39 Å². The molecular formula is C21H18FNO5S2. The van der Waals surface area contributed by atoms with Crippen LogP contribution in [0.2, 0.25) is 0 Å². The molecule has 2 aromatic carbocycles. The van der Waals surface area contributed by atoms with E-state index in [1.54, 1.807) is 32.0 Å². The fourth-order valence-corrected chi connectivity index (χ4v) is 5.33. The third-order valence-corrected chi connectivity index (χ3v) is 7.19. The number of thiophene rings is 1. The molecule has 30 heavy (non-hydrogen) atoms. The lowest BCUT2D eigenvalue weighted by molar-refractivity contribution is -0.140. The van der Waals surface area contributed by atoms with Gasteiger partial charge in [-0.2, -0.15) is 9.11 Å². The molecule has 0 saturated carbocycles. The summed E-state index contributed by atoms with van der Waals surface area (Å²) in [6.45, 7) is 3.25. The molecule has 0 fully saturated rings. The number of aliphatic carboxylic acids is 1. The number of nitrogens with one attached hydrogen (secondary N) is 1. The van der Waals surface area contributed by atoms with Crippen LogP contribution >= 0.6 is 11.3 Å².